The fourth-order valence-corrected chi connectivity index (χ4v) is 2.91. The molecule has 118 valence electrons. The van der Waals surface area contributed by atoms with E-state index in [2.05, 4.69) is 10.1 Å². The molecule has 0 saturated heterocycles. The van der Waals surface area contributed by atoms with Crippen LogP contribution in [0.5, 0.6) is 0 Å². The van der Waals surface area contributed by atoms with Crippen LogP contribution in [0.2, 0.25) is 0 Å². The second-order valence-electron chi connectivity index (χ2n) is 6.00. The molecule has 4 heteroatoms. The van der Waals surface area contributed by atoms with Gasteiger partial charge in [0.05, 0.1) is 16.9 Å². The molecule has 0 atom stereocenters. The van der Waals surface area contributed by atoms with Crippen LogP contribution in [0.25, 0.3) is 17.3 Å². The summed E-state index contributed by atoms with van der Waals surface area (Å²) in [6.45, 7) is 3.94. The lowest BCUT2D eigenvalue weighted by molar-refractivity contribution is 0.835. The summed E-state index contributed by atoms with van der Waals surface area (Å²) in [4.78, 5) is 17.2. The van der Waals surface area contributed by atoms with Crippen LogP contribution in [0.1, 0.15) is 22.4 Å². The lowest BCUT2D eigenvalue weighted by Gasteiger charge is -2.01. The number of nitrogens with zero attached hydrogens (tertiary/aromatic N) is 2. The topological polar surface area (TPSA) is 50.1 Å². The fourth-order valence-electron chi connectivity index (χ4n) is 2.91. The largest absolute Gasteiger partial charge is 0.295 e. The number of H-pyrrole nitrogens is 1. The Hall–Kier alpha value is -3.14. The molecule has 0 amide bonds. The molecule has 4 rings (SSSR count). The molecule has 1 aliphatic heterocycles. The second kappa shape index (κ2) is 5.49. The van der Waals surface area contributed by atoms with Crippen LogP contribution in [0, 0.1) is 13.8 Å². The third kappa shape index (κ3) is 2.33. The molecule has 0 bridgehead atoms. The van der Waals surface area contributed by atoms with Crippen molar-refractivity contribution in [3.8, 4) is 5.69 Å². The molecule has 0 saturated carbocycles. The lowest BCUT2D eigenvalue weighted by Crippen LogP contribution is -2.15. The van der Waals surface area contributed by atoms with Crippen LogP contribution >= 0.6 is 0 Å². The van der Waals surface area contributed by atoms with Crippen LogP contribution in [0.4, 0.5) is 5.69 Å². The van der Waals surface area contributed by atoms with E-state index >= 15 is 0 Å². The van der Waals surface area contributed by atoms with Gasteiger partial charge >= 0.3 is 0 Å². The number of rotatable bonds is 2. The highest BCUT2D eigenvalue weighted by Gasteiger charge is 2.15. The first-order valence-electron chi connectivity index (χ1n) is 7.87. The van der Waals surface area contributed by atoms with E-state index in [1.165, 1.54) is 0 Å². The second-order valence-corrected chi connectivity index (χ2v) is 6.00. The average Bonchev–Trinajstić information content (AvgIpc) is 3.12. The number of fused-ring (bicyclic) bond motifs is 1. The SMILES string of the molecule is Cc1ccc(-n2[nH]c(C)c(C=C3C=Nc4ccccc43)c2=O)cc1. The number of nitrogens with one attached hydrogen (secondary N) is 1. The number of hydrogen-bond donors (Lipinski definition) is 1. The highest BCUT2D eigenvalue weighted by molar-refractivity contribution is 6.21. The molecule has 3 aromatic rings. The number of aromatic amines is 1. The van der Waals surface area contributed by atoms with E-state index in [-0.39, 0.29) is 5.56 Å². The third-order valence-corrected chi connectivity index (χ3v) is 4.27. The summed E-state index contributed by atoms with van der Waals surface area (Å²) in [6.07, 6.45) is 3.72. The van der Waals surface area contributed by atoms with Crippen molar-refractivity contribution in [3.63, 3.8) is 0 Å². The Balaban J connectivity index is 1.81. The molecule has 1 aliphatic rings. The normalized spacial score (nSPS) is 14.3. The molecule has 2 aromatic carbocycles. The van der Waals surface area contributed by atoms with Gasteiger partial charge in [0.15, 0.2) is 0 Å². The summed E-state index contributed by atoms with van der Waals surface area (Å²) < 4.78 is 1.58. The molecular formula is C20H17N3O. The molecule has 0 aliphatic carbocycles. The van der Waals surface area contributed by atoms with E-state index in [4.69, 9.17) is 0 Å². The monoisotopic (exact) mass is 315 g/mol. The van der Waals surface area contributed by atoms with Crippen LogP contribution < -0.4 is 5.56 Å². The molecule has 1 aromatic heterocycles. The van der Waals surface area contributed by atoms with E-state index < -0.39 is 0 Å². The molecular weight excluding hydrogens is 298 g/mol. The Labute approximate surface area is 139 Å². The molecule has 1 N–H and O–H groups in total. The number of aliphatic imine (C=N–C) groups is 1. The maximum atomic E-state index is 12.8. The van der Waals surface area contributed by atoms with Gasteiger partial charge in [0.2, 0.25) is 0 Å². The zero-order valence-corrected chi connectivity index (χ0v) is 13.6. The highest BCUT2D eigenvalue weighted by Crippen LogP contribution is 2.32. The number of para-hydroxylation sites is 1. The van der Waals surface area contributed by atoms with Gasteiger partial charge in [-0.25, -0.2) is 4.68 Å². The van der Waals surface area contributed by atoms with Gasteiger partial charge in [0.1, 0.15) is 0 Å². The van der Waals surface area contributed by atoms with Crippen molar-refractivity contribution in [3.05, 3.63) is 81.3 Å². The highest BCUT2D eigenvalue weighted by atomic mass is 16.1. The van der Waals surface area contributed by atoms with Crippen molar-refractivity contribution < 1.29 is 0 Å². The van der Waals surface area contributed by atoms with Crippen LogP contribution in [0.15, 0.2) is 58.3 Å². The first-order valence-corrected chi connectivity index (χ1v) is 7.87. The van der Waals surface area contributed by atoms with Crippen LogP contribution in [-0.4, -0.2) is 16.0 Å². The summed E-state index contributed by atoms with van der Waals surface area (Å²) in [7, 11) is 0. The summed E-state index contributed by atoms with van der Waals surface area (Å²) in [5.41, 5.74) is 6.40. The van der Waals surface area contributed by atoms with Gasteiger partial charge in [-0.1, -0.05) is 35.9 Å². The Morgan fingerprint density at radius 3 is 2.58 bits per heavy atom. The Kier molecular flexibility index (Phi) is 3.31. The average molecular weight is 315 g/mol. The van der Waals surface area contributed by atoms with Crippen molar-refractivity contribution in [1.29, 1.82) is 0 Å². The van der Waals surface area contributed by atoms with Crippen molar-refractivity contribution >= 4 is 23.6 Å². The van der Waals surface area contributed by atoms with Gasteiger partial charge in [-0.3, -0.25) is 14.9 Å². The number of benzene rings is 2. The van der Waals surface area contributed by atoms with Gasteiger partial charge in [-0.15, -0.1) is 0 Å². The molecule has 2 heterocycles. The predicted octanol–water partition coefficient (Wildman–Crippen LogP) is 4.04. The summed E-state index contributed by atoms with van der Waals surface area (Å²) in [5, 5.41) is 3.16. The standard InChI is InChI=1S/C20H17N3O/c1-13-7-9-16(10-8-13)23-20(24)18(14(2)22-23)11-15-12-21-19-6-4-3-5-17(15)19/h3-12,22H,1-2H3. The van der Waals surface area contributed by atoms with Crippen molar-refractivity contribution in [2.75, 3.05) is 0 Å². The third-order valence-electron chi connectivity index (χ3n) is 4.27. The summed E-state index contributed by atoms with van der Waals surface area (Å²) in [5.74, 6) is 0. The molecule has 0 radical (unpaired) electrons. The number of aromatic nitrogens is 2. The van der Waals surface area contributed by atoms with Gasteiger partial charge < -0.3 is 0 Å². The van der Waals surface area contributed by atoms with Crippen molar-refractivity contribution in [2.45, 2.75) is 13.8 Å². The van der Waals surface area contributed by atoms with Crippen molar-refractivity contribution in [1.82, 2.24) is 9.78 Å². The first kappa shape index (κ1) is 14.5. The van der Waals surface area contributed by atoms with E-state index in [0.29, 0.717) is 5.56 Å². The minimum absolute atomic E-state index is 0.0540. The van der Waals surface area contributed by atoms with Gasteiger partial charge in [0, 0.05) is 23.0 Å². The minimum atomic E-state index is -0.0540. The fraction of sp³-hybridized carbons (Fsp3) is 0.100. The number of aryl methyl sites for hydroxylation is 2. The van der Waals surface area contributed by atoms with E-state index in [0.717, 1.165) is 33.8 Å². The first-order chi connectivity index (χ1) is 11.6. The van der Waals surface area contributed by atoms with Gasteiger partial charge in [0.25, 0.3) is 5.56 Å². The Bertz CT molecular complexity index is 1030. The van der Waals surface area contributed by atoms with E-state index in [1.807, 2.05) is 74.7 Å². The Morgan fingerprint density at radius 2 is 1.79 bits per heavy atom. The zero-order chi connectivity index (χ0) is 16.7. The molecule has 0 spiro atoms. The summed E-state index contributed by atoms with van der Waals surface area (Å²) in [6, 6.07) is 15.8. The van der Waals surface area contributed by atoms with Crippen LogP contribution in [-0.2, 0) is 0 Å². The zero-order valence-electron chi connectivity index (χ0n) is 13.6. The van der Waals surface area contributed by atoms with Crippen molar-refractivity contribution in [2.24, 2.45) is 4.99 Å². The molecule has 4 nitrogen and oxygen atoms in total. The maximum Gasteiger partial charge on any atom is 0.278 e. The molecule has 24 heavy (non-hydrogen) atoms. The van der Waals surface area contributed by atoms with Gasteiger partial charge in [-0.2, -0.15) is 0 Å². The molecule has 0 unspecified atom stereocenters. The van der Waals surface area contributed by atoms with Gasteiger partial charge in [-0.05, 0) is 38.1 Å². The van der Waals surface area contributed by atoms with E-state index in [1.54, 1.807) is 4.68 Å². The number of allylic oxidation sites excluding steroid dienone is 1. The minimum Gasteiger partial charge on any atom is -0.295 e. The smallest absolute Gasteiger partial charge is 0.278 e. The van der Waals surface area contributed by atoms with Crippen LogP contribution in [0.3, 0.4) is 0 Å². The summed E-state index contributed by atoms with van der Waals surface area (Å²) >= 11 is 0. The lowest BCUT2D eigenvalue weighted by atomic mass is 10.0. The van der Waals surface area contributed by atoms with E-state index in [9.17, 15) is 4.79 Å². The molecule has 0 fully saturated rings. The number of hydrogen-bond acceptors (Lipinski definition) is 2. The quantitative estimate of drug-likeness (QED) is 0.762. The Morgan fingerprint density at radius 1 is 1.04 bits per heavy atom. The maximum absolute atomic E-state index is 12.8. The predicted molar refractivity (Wildman–Crippen MR) is 98.3 cm³/mol.